The van der Waals surface area contributed by atoms with Crippen LogP contribution in [0.25, 0.3) is 0 Å². The third kappa shape index (κ3) is 2.50. The van der Waals surface area contributed by atoms with E-state index in [1.54, 1.807) is 0 Å². The van der Waals surface area contributed by atoms with Gasteiger partial charge in [0, 0.05) is 6.54 Å². The molecule has 1 aliphatic heterocycles. The second-order valence-electron chi connectivity index (χ2n) is 4.08. The lowest BCUT2D eigenvalue weighted by molar-refractivity contribution is 0.347. The normalized spacial score (nSPS) is 19.6. The van der Waals surface area contributed by atoms with Gasteiger partial charge in [0.25, 0.3) is 0 Å². The Balaban J connectivity index is 2.25. The summed E-state index contributed by atoms with van der Waals surface area (Å²) in [6.45, 7) is 3.71. The average molecular weight is 272 g/mol. The first kappa shape index (κ1) is 12.5. The van der Waals surface area contributed by atoms with Crippen LogP contribution in [-0.2, 0) is 0 Å². The first-order chi connectivity index (χ1) is 8.13. The van der Waals surface area contributed by atoms with Crippen molar-refractivity contribution in [2.75, 3.05) is 13.1 Å². The van der Waals surface area contributed by atoms with E-state index in [-0.39, 0.29) is 6.04 Å². The van der Waals surface area contributed by atoms with Crippen molar-refractivity contribution in [2.45, 2.75) is 19.4 Å². The number of rotatable bonds is 3. The summed E-state index contributed by atoms with van der Waals surface area (Å²) in [6, 6.07) is 5.88. The first-order valence-corrected chi connectivity index (χ1v) is 6.40. The van der Waals surface area contributed by atoms with Gasteiger partial charge in [-0.25, -0.2) is 0 Å². The van der Waals surface area contributed by atoms with Gasteiger partial charge in [-0.05, 0) is 24.1 Å². The van der Waals surface area contributed by atoms with Crippen LogP contribution in [0, 0.1) is 0 Å². The summed E-state index contributed by atoms with van der Waals surface area (Å²) < 4.78 is 0. The second kappa shape index (κ2) is 5.15. The SMILES string of the molecule is CCCN1C(N)=NCC1c1ccc(Cl)c(Cl)c1. The minimum absolute atomic E-state index is 0.185. The van der Waals surface area contributed by atoms with Crippen LogP contribution in [-0.4, -0.2) is 23.9 Å². The summed E-state index contributed by atoms with van der Waals surface area (Å²) in [6.07, 6.45) is 1.04. The molecule has 2 N–H and O–H groups in total. The molecule has 92 valence electrons. The fraction of sp³-hybridized carbons (Fsp3) is 0.417. The van der Waals surface area contributed by atoms with Gasteiger partial charge < -0.3 is 10.6 Å². The zero-order valence-electron chi connectivity index (χ0n) is 9.66. The molecule has 1 aromatic carbocycles. The molecule has 0 spiro atoms. The van der Waals surface area contributed by atoms with Crippen molar-refractivity contribution in [3.63, 3.8) is 0 Å². The minimum Gasteiger partial charge on any atom is -0.370 e. The van der Waals surface area contributed by atoms with Crippen LogP contribution in [0.15, 0.2) is 23.2 Å². The topological polar surface area (TPSA) is 41.6 Å². The Hall–Kier alpha value is -0.930. The van der Waals surface area contributed by atoms with Crippen molar-refractivity contribution >= 4 is 29.2 Å². The molecule has 0 radical (unpaired) electrons. The molecule has 2 rings (SSSR count). The Morgan fingerprint density at radius 3 is 2.82 bits per heavy atom. The van der Waals surface area contributed by atoms with Crippen molar-refractivity contribution < 1.29 is 0 Å². The Morgan fingerprint density at radius 1 is 1.41 bits per heavy atom. The summed E-state index contributed by atoms with van der Waals surface area (Å²) >= 11 is 11.9. The molecule has 1 aromatic rings. The maximum Gasteiger partial charge on any atom is 0.191 e. The Kier molecular flexibility index (Phi) is 3.79. The van der Waals surface area contributed by atoms with E-state index in [1.165, 1.54) is 0 Å². The fourth-order valence-electron chi connectivity index (χ4n) is 2.05. The van der Waals surface area contributed by atoms with Crippen LogP contribution >= 0.6 is 23.2 Å². The fourth-order valence-corrected chi connectivity index (χ4v) is 2.35. The number of hydrogen-bond donors (Lipinski definition) is 1. The molecule has 0 saturated heterocycles. The van der Waals surface area contributed by atoms with E-state index >= 15 is 0 Å². The van der Waals surface area contributed by atoms with Gasteiger partial charge >= 0.3 is 0 Å². The molecular formula is C12H15Cl2N3. The summed E-state index contributed by atoms with van der Waals surface area (Å²) in [4.78, 5) is 6.40. The zero-order valence-corrected chi connectivity index (χ0v) is 11.2. The highest BCUT2D eigenvalue weighted by Crippen LogP contribution is 2.30. The van der Waals surface area contributed by atoms with Gasteiger partial charge in [-0.2, -0.15) is 0 Å². The Morgan fingerprint density at radius 2 is 2.18 bits per heavy atom. The molecule has 0 saturated carbocycles. The Bertz CT molecular complexity index is 445. The van der Waals surface area contributed by atoms with Gasteiger partial charge in [0.15, 0.2) is 5.96 Å². The number of nitrogens with zero attached hydrogens (tertiary/aromatic N) is 2. The van der Waals surface area contributed by atoms with E-state index in [9.17, 15) is 0 Å². The van der Waals surface area contributed by atoms with Gasteiger partial charge in [-0.1, -0.05) is 36.2 Å². The van der Waals surface area contributed by atoms with Gasteiger partial charge in [0.2, 0.25) is 0 Å². The predicted octanol–water partition coefficient (Wildman–Crippen LogP) is 3.07. The van der Waals surface area contributed by atoms with Crippen molar-refractivity contribution in [3.8, 4) is 0 Å². The monoisotopic (exact) mass is 271 g/mol. The molecule has 0 fully saturated rings. The molecule has 1 unspecified atom stereocenters. The molecule has 5 heteroatoms. The maximum absolute atomic E-state index is 6.03. The van der Waals surface area contributed by atoms with E-state index in [1.807, 2.05) is 18.2 Å². The van der Waals surface area contributed by atoms with E-state index in [4.69, 9.17) is 28.9 Å². The number of benzene rings is 1. The van der Waals surface area contributed by atoms with Gasteiger partial charge in [0.1, 0.15) is 0 Å². The first-order valence-electron chi connectivity index (χ1n) is 5.65. The molecule has 3 nitrogen and oxygen atoms in total. The third-order valence-electron chi connectivity index (χ3n) is 2.89. The van der Waals surface area contributed by atoms with Gasteiger partial charge in [-0.15, -0.1) is 0 Å². The lowest BCUT2D eigenvalue weighted by atomic mass is 10.1. The van der Waals surface area contributed by atoms with E-state index in [0.29, 0.717) is 22.5 Å². The van der Waals surface area contributed by atoms with Crippen molar-refractivity contribution in [1.82, 2.24) is 4.90 Å². The summed E-state index contributed by atoms with van der Waals surface area (Å²) in [5, 5.41) is 1.15. The number of guanidine groups is 1. The van der Waals surface area contributed by atoms with E-state index in [2.05, 4.69) is 16.8 Å². The lowest BCUT2D eigenvalue weighted by Crippen LogP contribution is -2.36. The second-order valence-corrected chi connectivity index (χ2v) is 4.90. The average Bonchev–Trinajstić information content (AvgIpc) is 2.66. The zero-order chi connectivity index (χ0) is 12.4. The quantitative estimate of drug-likeness (QED) is 0.918. The third-order valence-corrected chi connectivity index (χ3v) is 3.63. The summed E-state index contributed by atoms with van der Waals surface area (Å²) in [5.74, 6) is 0.614. The lowest BCUT2D eigenvalue weighted by Gasteiger charge is -2.26. The van der Waals surface area contributed by atoms with Crippen LogP contribution in [0.3, 0.4) is 0 Å². The summed E-state index contributed by atoms with van der Waals surface area (Å²) in [7, 11) is 0. The van der Waals surface area contributed by atoms with Crippen LogP contribution in [0.2, 0.25) is 10.0 Å². The van der Waals surface area contributed by atoms with Crippen molar-refractivity contribution in [1.29, 1.82) is 0 Å². The van der Waals surface area contributed by atoms with Crippen molar-refractivity contribution in [2.24, 2.45) is 10.7 Å². The van der Waals surface area contributed by atoms with Crippen LogP contribution in [0.5, 0.6) is 0 Å². The number of nitrogens with two attached hydrogens (primary N) is 1. The van der Waals surface area contributed by atoms with Gasteiger partial charge in [0.05, 0.1) is 22.6 Å². The molecule has 1 heterocycles. The summed E-state index contributed by atoms with van der Waals surface area (Å²) in [5.41, 5.74) is 6.99. The molecular weight excluding hydrogens is 257 g/mol. The van der Waals surface area contributed by atoms with Crippen LogP contribution in [0.1, 0.15) is 24.9 Å². The molecule has 17 heavy (non-hydrogen) atoms. The molecule has 0 aromatic heterocycles. The molecule has 0 aliphatic carbocycles. The van der Waals surface area contributed by atoms with E-state index in [0.717, 1.165) is 18.5 Å². The standard InChI is InChI=1S/C12H15Cl2N3/c1-2-5-17-11(7-16-12(17)15)8-3-4-9(13)10(14)6-8/h3-4,6,11H,2,5,7H2,1H3,(H2,15,16). The molecule has 0 bridgehead atoms. The molecule has 1 aliphatic rings. The number of hydrogen-bond acceptors (Lipinski definition) is 3. The largest absolute Gasteiger partial charge is 0.370 e. The van der Waals surface area contributed by atoms with Gasteiger partial charge in [-0.3, -0.25) is 4.99 Å². The Labute approximate surface area is 111 Å². The smallest absolute Gasteiger partial charge is 0.191 e. The van der Waals surface area contributed by atoms with E-state index < -0.39 is 0 Å². The molecule has 0 amide bonds. The van der Waals surface area contributed by atoms with Crippen LogP contribution in [0.4, 0.5) is 0 Å². The molecule has 1 atom stereocenters. The predicted molar refractivity (Wildman–Crippen MR) is 72.7 cm³/mol. The number of halogens is 2. The highest BCUT2D eigenvalue weighted by atomic mass is 35.5. The van der Waals surface area contributed by atoms with Crippen molar-refractivity contribution in [3.05, 3.63) is 33.8 Å². The minimum atomic E-state index is 0.185. The maximum atomic E-state index is 6.03. The highest BCUT2D eigenvalue weighted by Gasteiger charge is 2.26. The van der Waals surface area contributed by atoms with Crippen LogP contribution < -0.4 is 5.73 Å². The number of aliphatic imine (C=N–C) groups is 1. The highest BCUT2D eigenvalue weighted by molar-refractivity contribution is 6.42.